The van der Waals surface area contributed by atoms with Crippen LogP contribution in [0.15, 0.2) is 16.7 Å². The van der Waals surface area contributed by atoms with E-state index in [0.29, 0.717) is 0 Å². The molecular weight excluding hydrogens is 210 g/mol. The van der Waals surface area contributed by atoms with Crippen molar-refractivity contribution in [2.45, 2.75) is 6.43 Å². The van der Waals surface area contributed by atoms with E-state index in [1.165, 1.54) is 0 Å². The van der Waals surface area contributed by atoms with Gasteiger partial charge in [0, 0.05) is 12.3 Å². The van der Waals surface area contributed by atoms with Gasteiger partial charge in [-0.25, -0.2) is 9.78 Å². The van der Waals surface area contributed by atoms with Gasteiger partial charge in [0.15, 0.2) is 11.2 Å². The van der Waals surface area contributed by atoms with Crippen molar-refractivity contribution in [3.05, 3.63) is 23.7 Å². The number of halogens is 2. The van der Waals surface area contributed by atoms with Gasteiger partial charge in [0.1, 0.15) is 0 Å². The zero-order chi connectivity index (χ0) is 11.0. The molecule has 0 aliphatic heterocycles. The molecule has 15 heavy (non-hydrogen) atoms. The summed E-state index contributed by atoms with van der Waals surface area (Å²) in [5.74, 6) is -1.97. The van der Waals surface area contributed by atoms with E-state index in [2.05, 4.69) is 14.4 Å². The number of aromatic nitrogens is 2. The van der Waals surface area contributed by atoms with Crippen LogP contribution in [0, 0.1) is 0 Å². The smallest absolute Gasteiger partial charge is 0.337 e. The van der Waals surface area contributed by atoms with Crippen LogP contribution in [0.2, 0.25) is 0 Å². The van der Waals surface area contributed by atoms with Gasteiger partial charge in [-0.15, -0.1) is 0 Å². The maximum absolute atomic E-state index is 12.2. The Hall–Kier alpha value is -2.05. The van der Waals surface area contributed by atoms with Gasteiger partial charge in [-0.05, 0) is 0 Å². The number of nitrogens with zero attached hydrogens (tertiary/aromatic N) is 2. The van der Waals surface area contributed by atoms with Crippen molar-refractivity contribution in [3.63, 3.8) is 0 Å². The summed E-state index contributed by atoms with van der Waals surface area (Å²) >= 11 is 0. The normalized spacial score (nSPS) is 11.1. The average molecular weight is 214 g/mol. The van der Waals surface area contributed by atoms with Gasteiger partial charge < -0.3 is 9.52 Å². The molecule has 0 saturated heterocycles. The Morgan fingerprint density at radius 3 is 2.87 bits per heavy atom. The second kappa shape index (κ2) is 3.26. The Morgan fingerprint density at radius 2 is 2.27 bits per heavy atom. The van der Waals surface area contributed by atoms with Gasteiger partial charge in [-0.2, -0.15) is 13.8 Å². The molecule has 2 rings (SSSR count). The fourth-order valence-corrected chi connectivity index (χ4v) is 1.05. The highest BCUT2D eigenvalue weighted by Gasteiger charge is 2.17. The van der Waals surface area contributed by atoms with E-state index < -0.39 is 18.3 Å². The first-order valence-corrected chi connectivity index (χ1v) is 3.86. The van der Waals surface area contributed by atoms with Crippen molar-refractivity contribution < 1.29 is 23.1 Å². The number of carboxylic acids is 1. The lowest BCUT2D eigenvalue weighted by molar-refractivity contribution is 0.0696. The predicted octanol–water partition coefficient (Wildman–Crippen LogP) is 1.86. The van der Waals surface area contributed by atoms with Crippen molar-refractivity contribution >= 4 is 17.2 Å². The largest absolute Gasteiger partial charge is 0.478 e. The van der Waals surface area contributed by atoms with Crippen LogP contribution in [-0.4, -0.2) is 21.0 Å². The van der Waals surface area contributed by atoms with Crippen LogP contribution in [0.3, 0.4) is 0 Å². The molecular formula is C8H4F2N2O3. The second-order valence-corrected chi connectivity index (χ2v) is 2.70. The number of oxazole rings is 1. The summed E-state index contributed by atoms with van der Waals surface area (Å²) < 4.78 is 29.0. The van der Waals surface area contributed by atoms with Crippen LogP contribution in [0.1, 0.15) is 22.7 Å². The number of hydrogen-bond acceptors (Lipinski definition) is 4. The van der Waals surface area contributed by atoms with E-state index in [-0.39, 0.29) is 16.8 Å². The molecule has 5 nitrogen and oxygen atoms in total. The van der Waals surface area contributed by atoms with E-state index in [1.807, 2.05) is 0 Å². The first-order chi connectivity index (χ1) is 7.08. The van der Waals surface area contributed by atoms with E-state index in [4.69, 9.17) is 5.11 Å². The predicted molar refractivity (Wildman–Crippen MR) is 43.7 cm³/mol. The van der Waals surface area contributed by atoms with Gasteiger partial charge >= 0.3 is 12.4 Å². The summed E-state index contributed by atoms with van der Waals surface area (Å²) in [4.78, 5) is 17.5. The first-order valence-electron chi connectivity index (χ1n) is 3.86. The maximum Gasteiger partial charge on any atom is 0.337 e. The van der Waals surface area contributed by atoms with Crippen LogP contribution in [0.4, 0.5) is 8.78 Å². The van der Waals surface area contributed by atoms with E-state index in [1.54, 1.807) is 0 Å². The van der Waals surface area contributed by atoms with Gasteiger partial charge in [-0.1, -0.05) is 0 Å². The number of rotatable bonds is 2. The van der Waals surface area contributed by atoms with Crippen molar-refractivity contribution in [3.8, 4) is 0 Å². The third-order valence-electron chi connectivity index (χ3n) is 1.70. The summed E-state index contributed by atoms with van der Waals surface area (Å²) in [6.07, 6.45) is -1.81. The van der Waals surface area contributed by atoms with Crippen molar-refractivity contribution in [2.75, 3.05) is 0 Å². The van der Waals surface area contributed by atoms with Crippen LogP contribution in [0.5, 0.6) is 0 Å². The van der Waals surface area contributed by atoms with E-state index >= 15 is 0 Å². The molecule has 0 radical (unpaired) electrons. The third-order valence-corrected chi connectivity index (χ3v) is 1.70. The Morgan fingerprint density at radius 1 is 1.53 bits per heavy atom. The van der Waals surface area contributed by atoms with Gasteiger partial charge in [0.25, 0.3) is 5.89 Å². The van der Waals surface area contributed by atoms with Crippen LogP contribution in [-0.2, 0) is 0 Å². The highest BCUT2D eigenvalue weighted by Crippen LogP contribution is 2.22. The minimum Gasteiger partial charge on any atom is -0.478 e. The summed E-state index contributed by atoms with van der Waals surface area (Å²) in [5, 5.41) is 8.61. The molecule has 0 unspecified atom stereocenters. The summed E-state index contributed by atoms with van der Waals surface area (Å²) in [6, 6.07) is 1.10. The zero-order valence-corrected chi connectivity index (χ0v) is 7.15. The zero-order valence-electron chi connectivity index (χ0n) is 7.15. The number of alkyl halides is 2. The van der Waals surface area contributed by atoms with Crippen molar-refractivity contribution in [1.82, 2.24) is 9.97 Å². The topological polar surface area (TPSA) is 76.2 Å². The van der Waals surface area contributed by atoms with Crippen LogP contribution in [0.25, 0.3) is 11.2 Å². The molecule has 0 saturated carbocycles. The number of fused-ring (bicyclic) bond motifs is 1. The average Bonchev–Trinajstić information content (AvgIpc) is 2.59. The molecule has 0 bridgehead atoms. The highest BCUT2D eigenvalue weighted by atomic mass is 19.3. The summed E-state index contributed by atoms with van der Waals surface area (Å²) in [5.41, 5.74) is -0.236. The fourth-order valence-electron chi connectivity index (χ4n) is 1.05. The van der Waals surface area contributed by atoms with Gasteiger partial charge in [0.2, 0.25) is 0 Å². The molecule has 0 fully saturated rings. The lowest BCUT2D eigenvalue weighted by Crippen LogP contribution is -1.96. The Kier molecular flexibility index (Phi) is 2.07. The molecule has 78 valence electrons. The quantitative estimate of drug-likeness (QED) is 0.825. The lowest BCUT2D eigenvalue weighted by Gasteiger charge is -1.90. The molecule has 0 aromatic carbocycles. The number of hydrogen-bond donors (Lipinski definition) is 1. The lowest BCUT2D eigenvalue weighted by atomic mass is 10.3. The molecule has 0 spiro atoms. The Labute approximate surface area is 81.4 Å². The fraction of sp³-hybridized carbons (Fsp3) is 0.125. The van der Waals surface area contributed by atoms with Crippen LogP contribution < -0.4 is 0 Å². The second-order valence-electron chi connectivity index (χ2n) is 2.70. The molecule has 0 atom stereocenters. The number of aromatic carboxylic acids is 1. The Bertz CT molecular complexity index is 524. The molecule has 0 aliphatic carbocycles. The van der Waals surface area contributed by atoms with Gasteiger partial charge in [-0.3, -0.25) is 0 Å². The molecule has 2 heterocycles. The van der Waals surface area contributed by atoms with Crippen molar-refractivity contribution in [1.29, 1.82) is 0 Å². The first kappa shape index (κ1) is 9.50. The molecule has 0 amide bonds. The van der Waals surface area contributed by atoms with E-state index in [9.17, 15) is 13.6 Å². The van der Waals surface area contributed by atoms with E-state index in [0.717, 1.165) is 12.3 Å². The monoisotopic (exact) mass is 214 g/mol. The minimum atomic E-state index is -2.84. The highest BCUT2D eigenvalue weighted by molar-refractivity contribution is 5.90. The molecule has 2 aromatic rings. The maximum atomic E-state index is 12.2. The summed E-state index contributed by atoms with van der Waals surface area (Å²) in [6.45, 7) is 0. The molecule has 2 aromatic heterocycles. The number of pyridine rings is 1. The van der Waals surface area contributed by atoms with Gasteiger partial charge in [0.05, 0.1) is 5.56 Å². The number of carbonyl (C=O) groups is 1. The molecule has 1 N–H and O–H groups in total. The summed E-state index contributed by atoms with van der Waals surface area (Å²) in [7, 11) is 0. The van der Waals surface area contributed by atoms with Crippen molar-refractivity contribution in [2.24, 2.45) is 0 Å². The van der Waals surface area contributed by atoms with Crippen LogP contribution >= 0.6 is 0 Å². The SMILES string of the molecule is O=C(O)c1cnc2nc(C(F)F)oc2c1. The Balaban J connectivity index is 2.57. The third kappa shape index (κ3) is 1.63. The molecule has 0 aliphatic rings. The molecule has 7 heteroatoms. The standard InChI is InChI=1S/C8H4F2N2O3/c9-5(10)7-12-6-4(15-7)1-3(2-11-6)8(13)14/h1-2,5H,(H,13,14). The number of carboxylic acid groups (broad SMARTS) is 1. The minimum absolute atomic E-state index is 0.0321.